The molecule has 0 heterocycles. The lowest BCUT2D eigenvalue weighted by Gasteiger charge is -2.14. The lowest BCUT2D eigenvalue weighted by atomic mass is 10.1. The molecule has 0 saturated heterocycles. The first-order chi connectivity index (χ1) is 9.97. The molecule has 0 aliphatic carbocycles. The number of ether oxygens (including phenoxy) is 2. The second-order valence-electron chi connectivity index (χ2n) is 5.01. The van der Waals surface area contributed by atoms with Crippen LogP contribution in [0, 0.1) is 13.8 Å². The average molecular weight is 296 g/mol. The van der Waals surface area contributed by atoms with Crippen molar-refractivity contribution in [1.82, 2.24) is 5.32 Å². The largest absolute Gasteiger partial charge is 0.491 e. The number of nitrogens with two attached hydrogens (primary N) is 1. The highest BCUT2D eigenvalue weighted by molar-refractivity contribution is 5.74. The zero-order chi connectivity index (χ0) is 15.7. The molecule has 0 aliphatic rings. The van der Waals surface area contributed by atoms with Crippen molar-refractivity contribution in [3.05, 3.63) is 29.3 Å². The Bertz CT molecular complexity index is 431. The molecule has 1 atom stereocenters. The van der Waals surface area contributed by atoms with Crippen molar-refractivity contribution in [3.8, 4) is 5.75 Å². The minimum atomic E-state index is -0.609. The van der Waals surface area contributed by atoms with E-state index in [2.05, 4.69) is 11.4 Å². The fraction of sp³-hybridized carbons (Fsp3) is 0.533. The fourth-order valence-corrected chi connectivity index (χ4v) is 1.85. The molecule has 6 heteroatoms. The summed E-state index contributed by atoms with van der Waals surface area (Å²) in [7, 11) is 0. The Hall–Kier alpha value is -1.63. The molecule has 1 unspecified atom stereocenters. The fourth-order valence-electron chi connectivity index (χ4n) is 1.85. The summed E-state index contributed by atoms with van der Waals surface area (Å²) in [6.07, 6.45) is -0.609. The molecule has 118 valence electrons. The van der Waals surface area contributed by atoms with Crippen LogP contribution in [-0.2, 0) is 9.53 Å². The summed E-state index contributed by atoms with van der Waals surface area (Å²) in [6.45, 7) is 5.44. The highest BCUT2D eigenvalue weighted by atomic mass is 16.5. The Morgan fingerprint density at radius 3 is 2.62 bits per heavy atom. The predicted molar refractivity (Wildman–Crippen MR) is 80.3 cm³/mol. The smallest absolute Gasteiger partial charge is 0.243 e. The van der Waals surface area contributed by atoms with Crippen LogP contribution in [0.5, 0.6) is 5.75 Å². The predicted octanol–water partition coefficient (Wildman–Crippen LogP) is 0.135. The maximum Gasteiger partial charge on any atom is 0.243 e. The second kappa shape index (κ2) is 9.33. The van der Waals surface area contributed by atoms with Crippen LogP contribution in [0.1, 0.15) is 11.1 Å². The van der Waals surface area contributed by atoms with Crippen molar-refractivity contribution < 1.29 is 19.4 Å². The number of amides is 1. The minimum Gasteiger partial charge on any atom is -0.491 e. The van der Waals surface area contributed by atoms with E-state index in [4.69, 9.17) is 15.2 Å². The number of aliphatic hydroxyl groups is 1. The zero-order valence-corrected chi connectivity index (χ0v) is 12.6. The van der Waals surface area contributed by atoms with Gasteiger partial charge in [-0.3, -0.25) is 4.79 Å². The zero-order valence-electron chi connectivity index (χ0n) is 12.6. The number of aliphatic hydroxyl groups excluding tert-OH is 1. The standard InChI is InChI=1S/C15H24N2O4/c1-11-5-12(2)7-14(6-11)21-9-13(18)8-17-3-4-20-10-15(16)19/h5-7,13,17-18H,3-4,8-10H2,1-2H3,(H2,16,19). The molecule has 1 aromatic carbocycles. The van der Waals surface area contributed by atoms with E-state index in [9.17, 15) is 9.90 Å². The van der Waals surface area contributed by atoms with Gasteiger partial charge >= 0.3 is 0 Å². The van der Waals surface area contributed by atoms with E-state index in [1.807, 2.05) is 26.0 Å². The molecule has 0 saturated carbocycles. The van der Waals surface area contributed by atoms with E-state index in [1.165, 1.54) is 0 Å². The van der Waals surface area contributed by atoms with Gasteiger partial charge in [0.1, 0.15) is 25.1 Å². The van der Waals surface area contributed by atoms with Gasteiger partial charge in [0.2, 0.25) is 5.91 Å². The van der Waals surface area contributed by atoms with Gasteiger partial charge in [0, 0.05) is 13.1 Å². The quantitative estimate of drug-likeness (QED) is 0.534. The van der Waals surface area contributed by atoms with E-state index < -0.39 is 12.0 Å². The van der Waals surface area contributed by atoms with Crippen LogP contribution in [0.3, 0.4) is 0 Å². The molecule has 21 heavy (non-hydrogen) atoms. The molecule has 1 amide bonds. The molecule has 0 bridgehead atoms. The van der Waals surface area contributed by atoms with Gasteiger partial charge in [-0.25, -0.2) is 0 Å². The van der Waals surface area contributed by atoms with Crippen molar-refractivity contribution in [1.29, 1.82) is 0 Å². The van der Waals surface area contributed by atoms with Gasteiger partial charge in [-0.1, -0.05) is 6.07 Å². The third-order valence-electron chi connectivity index (χ3n) is 2.69. The summed E-state index contributed by atoms with van der Waals surface area (Å²) in [5, 5.41) is 12.8. The van der Waals surface area contributed by atoms with Crippen LogP contribution in [0.15, 0.2) is 18.2 Å². The van der Waals surface area contributed by atoms with E-state index in [-0.39, 0.29) is 13.2 Å². The van der Waals surface area contributed by atoms with Crippen LogP contribution in [0.25, 0.3) is 0 Å². The lowest BCUT2D eigenvalue weighted by Crippen LogP contribution is -2.33. The first kappa shape index (κ1) is 17.4. The monoisotopic (exact) mass is 296 g/mol. The highest BCUT2D eigenvalue weighted by Crippen LogP contribution is 2.16. The van der Waals surface area contributed by atoms with E-state index in [0.29, 0.717) is 19.7 Å². The van der Waals surface area contributed by atoms with Crippen molar-refractivity contribution in [3.63, 3.8) is 0 Å². The molecule has 6 nitrogen and oxygen atoms in total. The molecule has 0 aromatic heterocycles. The van der Waals surface area contributed by atoms with Gasteiger partial charge in [0.05, 0.1) is 6.61 Å². The van der Waals surface area contributed by atoms with Crippen LogP contribution < -0.4 is 15.8 Å². The Morgan fingerprint density at radius 1 is 1.33 bits per heavy atom. The number of benzene rings is 1. The molecule has 4 N–H and O–H groups in total. The lowest BCUT2D eigenvalue weighted by molar-refractivity contribution is -0.122. The van der Waals surface area contributed by atoms with Crippen LogP contribution in [-0.4, -0.2) is 50.0 Å². The number of primary amides is 1. The van der Waals surface area contributed by atoms with Crippen molar-refractivity contribution in [2.45, 2.75) is 20.0 Å². The Morgan fingerprint density at radius 2 is 2.00 bits per heavy atom. The molecule has 0 fully saturated rings. The Kier molecular flexibility index (Phi) is 7.74. The number of nitrogens with one attached hydrogen (secondary N) is 1. The summed E-state index contributed by atoms with van der Waals surface area (Å²) in [4.78, 5) is 10.4. The second-order valence-corrected chi connectivity index (χ2v) is 5.01. The number of carbonyl (C=O) groups excluding carboxylic acids is 1. The van der Waals surface area contributed by atoms with Crippen molar-refractivity contribution in [2.75, 3.05) is 32.9 Å². The van der Waals surface area contributed by atoms with Gasteiger partial charge in [0.25, 0.3) is 0 Å². The molecule has 0 aliphatic heterocycles. The van der Waals surface area contributed by atoms with Gasteiger partial charge in [0.15, 0.2) is 0 Å². The summed E-state index contributed by atoms with van der Waals surface area (Å²) in [5.41, 5.74) is 7.19. The summed E-state index contributed by atoms with van der Waals surface area (Å²) >= 11 is 0. The molecule has 1 aromatic rings. The number of hydrogen-bond donors (Lipinski definition) is 3. The first-order valence-electron chi connectivity index (χ1n) is 6.93. The number of rotatable bonds is 10. The molecule has 1 rings (SSSR count). The van der Waals surface area contributed by atoms with Gasteiger partial charge < -0.3 is 25.6 Å². The Labute approximate surface area is 125 Å². The van der Waals surface area contributed by atoms with Gasteiger partial charge in [-0.2, -0.15) is 0 Å². The average Bonchev–Trinajstić information content (AvgIpc) is 2.39. The maximum atomic E-state index is 10.4. The molecule has 0 spiro atoms. The number of carbonyl (C=O) groups is 1. The third kappa shape index (κ3) is 8.29. The molecular formula is C15H24N2O4. The highest BCUT2D eigenvalue weighted by Gasteiger charge is 2.05. The van der Waals surface area contributed by atoms with Crippen molar-refractivity contribution in [2.24, 2.45) is 5.73 Å². The van der Waals surface area contributed by atoms with E-state index in [0.717, 1.165) is 16.9 Å². The van der Waals surface area contributed by atoms with Gasteiger partial charge in [-0.05, 0) is 37.1 Å². The SMILES string of the molecule is Cc1cc(C)cc(OCC(O)CNCCOCC(N)=O)c1. The first-order valence-corrected chi connectivity index (χ1v) is 6.93. The summed E-state index contributed by atoms with van der Waals surface area (Å²) in [6, 6.07) is 5.94. The normalized spacial score (nSPS) is 12.1. The number of aryl methyl sites for hydroxylation is 2. The van der Waals surface area contributed by atoms with Crippen LogP contribution >= 0.6 is 0 Å². The summed E-state index contributed by atoms with van der Waals surface area (Å²) < 4.78 is 10.5. The maximum absolute atomic E-state index is 10.4. The van der Waals surface area contributed by atoms with E-state index in [1.54, 1.807) is 0 Å². The van der Waals surface area contributed by atoms with Crippen LogP contribution in [0.2, 0.25) is 0 Å². The van der Waals surface area contributed by atoms with Crippen LogP contribution in [0.4, 0.5) is 0 Å². The number of hydrogen-bond acceptors (Lipinski definition) is 5. The van der Waals surface area contributed by atoms with Gasteiger partial charge in [-0.15, -0.1) is 0 Å². The van der Waals surface area contributed by atoms with Crippen molar-refractivity contribution >= 4 is 5.91 Å². The molecule has 0 radical (unpaired) electrons. The Balaban J connectivity index is 2.13. The molecular weight excluding hydrogens is 272 g/mol. The van der Waals surface area contributed by atoms with E-state index >= 15 is 0 Å². The topological polar surface area (TPSA) is 93.8 Å². The summed E-state index contributed by atoms with van der Waals surface area (Å²) in [5.74, 6) is 0.272. The minimum absolute atomic E-state index is 0.0833. The third-order valence-corrected chi connectivity index (χ3v) is 2.69.